The van der Waals surface area contributed by atoms with E-state index in [0.717, 1.165) is 25.7 Å². The number of aromatic nitrogens is 4. The van der Waals surface area contributed by atoms with Crippen molar-refractivity contribution in [1.29, 1.82) is 0 Å². The number of carbonyl (C=O) groups excluding carboxylic acids is 2. The van der Waals surface area contributed by atoms with Crippen LogP contribution in [0, 0.1) is 17.8 Å². The highest BCUT2D eigenvalue weighted by molar-refractivity contribution is 6.30. The van der Waals surface area contributed by atoms with Gasteiger partial charge < -0.3 is 36.2 Å². The summed E-state index contributed by atoms with van der Waals surface area (Å²) in [5.74, 6) is 6.23. The lowest BCUT2D eigenvalue weighted by Gasteiger charge is -2.31. The summed E-state index contributed by atoms with van der Waals surface area (Å²) in [5.41, 5.74) is 7.38. The van der Waals surface area contributed by atoms with E-state index >= 15 is 0 Å². The molecule has 2 unspecified atom stereocenters. The molecule has 3 fully saturated rings. The van der Waals surface area contributed by atoms with E-state index in [2.05, 4.69) is 37.4 Å². The Hall–Kier alpha value is -3.96. The molecule has 0 radical (unpaired) electrons. The molecule has 0 bridgehead atoms. The monoisotopic (exact) mass is 594 g/mol. The minimum Gasteiger partial charge on any atom is -0.387 e. The molecule has 1 saturated carbocycles. The Labute approximate surface area is 246 Å². The lowest BCUT2D eigenvalue weighted by atomic mass is 9.94. The Bertz CT molecular complexity index is 1540. The fraction of sp³-hybridized carbons (Fsp3) is 0.464. The number of hydrogen-bond acceptors (Lipinski definition) is 9. The van der Waals surface area contributed by atoms with E-state index in [1.807, 2.05) is 0 Å². The van der Waals surface area contributed by atoms with Crippen LogP contribution in [-0.2, 0) is 9.53 Å². The van der Waals surface area contributed by atoms with Gasteiger partial charge in [-0.2, -0.15) is 0 Å². The zero-order valence-electron chi connectivity index (χ0n) is 22.6. The van der Waals surface area contributed by atoms with Gasteiger partial charge in [-0.15, -0.1) is 0 Å². The minimum atomic E-state index is -1.42. The summed E-state index contributed by atoms with van der Waals surface area (Å²) in [6.45, 7) is 1.24. The van der Waals surface area contributed by atoms with Crippen LogP contribution in [0.5, 0.6) is 0 Å². The quantitative estimate of drug-likeness (QED) is 0.274. The molecule has 14 heteroatoms. The van der Waals surface area contributed by atoms with Crippen LogP contribution in [0.15, 0.2) is 30.6 Å². The number of fused-ring (bicyclic) bond motifs is 1. The SMILES string of the molecule is Nc1nc(C#CCC2CCN(C(=O)Nc3ccc(Cl)cc3)CC2)nc2c1ncn2[C@@H]1O[C@H](C(=O)NC2CC2)C(O)C1O. The van der Waals surface area contributed by atoms with Gasteiger partial charge in [0.1, 0.15) is 17.7 Å². The first kappa shape index (κ1) is 28.2. The smallest absolute Gasteiger partial charge is 0.321 e. The van der Waals surface area contributed by atoms with Crippen LogP contribution in [-0.4, -0.2) is 84.0 Å². The number of ether oxygens (including phenoxy) is 1. The second-order valence-electron chi connectivity index (χ2n) is 10.8. The normalized spacial score (nSPS) is 24.3. The van der Waals surface area contributed by atoms with Gasteiger partial charge in [0.2, 0.25) is 5.82 Å². The molecule has 0 spiro atoms. The second kappa shape index (κ2) is 11.7. The van der Waals surface area contributed by atoms with Crippen LogP contribution in [0.25, 0.3) is 11.2 Å². The summed E-state index contributed by atoms with van der Waals surface area (Å²) in [7, 11) is 0. The maximum absolute atomic E-state index is 12.6. The Morgan fingerprint density at radius 3 is 2.55 bits per heavy atom. The van der Waals surface area contributed by atoms with Crippen molar-refractivity contribution in [2.75, 3.05) is 24.1 Å². The largest absolute Gasteiger partial charge is 0.387 e. The molecule has 2 aromatic heterocycles. The number of piperidine rings is 1. The van der Waals surface area contributed by atoms with Crippen LogP contribution >= 0.6 is 11.6 Å². The number of nitrogens with zero attached hydrogens (tertiary/aromatic N) is 5. The number of likely N-dealkylation sites (tertiary alicyclic amines) is 1. The van der Waals surface area contributed by atoms with Gasteiger partial charge in [0.15, 0.2) is 23.8 Å². The number of anilines is 2. The number of aliphatic hydroxyl groups is 2. The van der Waals surface area contributed by atoms with E-state index in [0.29, 0.717) is 41.7 Å². The van der Waals surface area contributed by atoms with Crippen molar-refractivity contribution in [3.8, 4) is 11.8 Å². The van der Waals surface area contributed by atoms with Gasteiger partial charge in [-0.3, -0.25) is 9.36 Å². The number of nitrogens with one attached hydrogen (secondary N) is 2. The van der Waals surface area contributed by atoms with Gasteiger partial charge in [0.25, 0.3) is 5.91 Å². The van der Waals surface area contributed by atoms with Crippen LogP contribution < -0.4 is 16.4 Å². The molecule has 6 rings (SSSR count). The average molecular weight is 595 g/mol. The van der Waals surface area contributed by atoms with Crippen molar-refractivity contribution >= 4 is 46.2 Å². The zero-order valence-corrected chi connectivity index (χ0v) is 23.4. The Morgan fingerprint density at radius 1 is 1.10 bits per heavy atom. The van der Waals surface area contributed by atoms with E-state index in [4.69, 9.17) is 22.1 Å². The molecule has 1 aromatic carbocycles. The maximum atomic E-state index is 12.6. The average Bonchev–Trinajstić information content (AvgIpc) is 3.61. The number of carbonyl (C=O) groups is 2. The first-order valence-electron chi connectivity index (χ1n) is 13.9. The van der Waals surface area contributed by atoms with Gasteiger partial charge in [0, 0.05) is 36.3 Å². The third kappa shape index (κ3) is 5.98. The number of halogens is 1. The number of benzene rings is 1. The molecule has 2 saturated heterocycles. The molecule has 3 aliphatic rings. The lowest BCUT2D eigenvalue weighted by molar-refractivity contribution is -0.137. The van der Waals surface area contributed by atoms with Crippen molar-refractivity contribution in [2.45, 2.75) is 62.7 Å². The third-order valence-electron chi connectivity index (χ3n) is 7.73. The van der Waals surface area contributed by atoms with Crippen LogP contribution in [0.2, 0.25) is 5.02 Å². The standard InChI is InChI=1S/C28H31ClN8O5/c29-16-4-6-18(7-5-16)33-28(41)36-12-10-15(11-13-36)2-1-3-19-34-24(30)20-25(35-19)37(14-31-20)27-22(39)21(38)23(42-27)26(40)32-17-8-9-17/h4-7,14-15,17,21-23,27,38-39H,2,8-13H2,(H,32,40)(H,33,41)(H2,30,34,35)/t21?,22?,23-,27+/m0/s1. The number of aliphatic hydroxyl groups excluding tert-OH is 2. The summed E-state index contributed by atoms with van der Waals surface area (Å²) in [5, 5.41) is 27.5. The van der Waals surface area contributed by atoms with Gasteiger partial charge in [-0.05, 0) is 61.8 Å². The summed E-state index contributed by atoms with van der Waals surface area (Å²) in [6.07, 6.45) is 0.240. The Kier molecular flexibility index (Phi) is 7.87. The molecule has 2 aliphatic heterocycles. The van der Waals surface area contributed by atoms with Crippen LogP contribution in [0.4, 0.5) is 16.3 Å². The number of imidazole rings is 1. The summed E-state index contributed by atoms with van der Waals surface area (Å²) in [6, 6.07) is 6.92. The highest BCUT2D eigenvalue weighted by Crippen LogP contribution is 2.33. The first-order valence-corrected chi connectivity index (χ1v) is 14.3. The predicted octanol–water partition coefficient (Wildman–Crippen LogP) is 1.65. The number of nitrogen functional groups attached to an aromatic ring is 1. The maximum Gasteiger partial charge on any atom is 0.321 e. The van der Waals surface area contributed by atoms with Gasteiger partial charge in [0.05, 0.1) is 6.33 Å². The molecule has 6 N–H and O–H groups in total. The molecule has 3 amide bonds. The molecule has 4 heterocycles. The first-order chi connectivity index (χ1) is 20.3. The van der Waals surface area contributed by atoms with Crippen LogP contribution in [0.3, 0.4) is 0 Å². The van der Waals surface area contributed by atoms with E-state index < -0.39 is 30.4 Å². The van der Waals surface area contributed by atoms with E-state index in [9.17, 15) is 19.8 Å². The molecule has 42 heavy (non-hydrogen) atoms. The van der Waals surface area contributed by atoms with Gasteiger partial charge in [-0.1, -0.05) is 17.5 Å². The number of nitrogens with two attached hydrogens (primary N) is 1. The Balaban J connectivity index is 1.08. The lowest BCUT2D eigenvalue weighted by Crippen LogP contribution is -2.43. The molecule has 3 aromatic rings. The predicted molar refractivity (Wildman–Crippen MR) is 153 cm³/mol. The number of amides is 3. The number of urea groups is 1. The minimum absolute atomic E-state index is 0.0828. The summed E-state index contributed by atoms with van der Waals surface area (Å²) >= 11 is 5.91. The highest BCUT2D eigenvalue weighted by atomic mass is 35.5. The molecule has 13 nitrogen and oxygen atoms in total. The van der Waals surface area contributed by atoms with Crippen molar-refractivity contribution < 1.29 is 24.5 Å². The number of hydrogen-bond donors (Lipinski definition) is 5. The van der Waals surface area contributed by atoms with Gasteiger partial charge in [-0.25, -0.2) is 19.7 Å². The molecule has 1 aliphatic carbocycles. The summed E-state index contributed by atoms with van der Waals surface area (Å²) in [4.78, 5) is 39.9. The van der Waals surface area contributed by atoms with Crippen molar-refractivity contribution in [2.24, 2.45) is 5.92 Å². The molecule has 220 valence electrons. The molecular weight excluding hydrogens is 564 g/mol. The highest BCUT2D eigenvalue weighted by Gasteiger charge is 2.48. The Morgan fingerprint density at radius 2 is 1.83 bits per heavy atom. The molecule has 4 atom stereocenters. The van der Waals surface area contributed by atoms with Gasteiger partial charge >= 0.3 is 6.03 Å². The fourth-order valence-electron chi connectivity index (χ4n) is 5.15. The van der Waals surface area contributed by atoms with Crippen LogP contribution in [0.1, 0.15) is 44.2 Å². The van der Waals surface area contributed by atoms with E-state index in [1.54, 1.807) is 29.2 Å². The fourth-order valence-corrected chi connectivity index (χ4v) is 5.27. The topological polar surface area (TPSA) is 181 Å². The molecular formula is C28H31ClN8O5. The zero-order chi connectivity index (χ0) is 29.4. The third-order valence-corrected chi connectivity index (χ3v) is 7.98. The summed E-state index contributed by atoms with van der Waals surface area (Å²) < 4.78 is 7.20. The van der Waals surface area contributed by atoms with E-state index in [1.165, 1.54) is 10.9 Å². The van der Waals surface area contributed by atoms with Crippen molar-refractivity contribution in [3.63, 3.8) is 0 Å². The van der Waals surface area contributed by atoms with Crippen molar-refractivity contribution in [1.82, 2.24) is 29.7 Å². The van der Waals surface area contributed by atoms with E-state index in [-0.39, 0.29) is 29.4 Å². The second-order valence-corrected chi connectivity index (χ2v) is 11.3. The van der Waals surface area contributed by atoms with Crippen molar-refractivity contribution in [3.05, 3.63) is 41.4 Å². The number of rotatable bonds is 5.